The molecule has 0 radical (unpaired) electrons. The lowest BCUT2D eigenvalue weighted by Crippen LogP contribution is -2.31. The Kier molecular flexibility index (Phi) is 4.60. The van der Waals surface area contributed by atoms with Crippen LogP contribution >= 0.6 is 0 Å². The van der Waals surface area contributed by atoms with Gasteiger partial charge < -0.3 is 15.4 Å². The smallest absolute Gasteiger partial charge is 0.235 e. The summed E-state index contributed by atoms with van der Waals surface area (Å²) in [6.45, 7) is 0. The Labute approximate surface area is 159 Å². The van der Waals surface area contributed by atoms with Gasteiger partial charge in [-0.3, -0.25) is 9.59 Å². The number of hydrogen-bond acceptors (Lipinski definition) is 3. The molecule has 0 aromatic heterocycles. The van der Waals surface area contributed by atoms with Crippen molar-refractivity contribution in [2.75, 3.05) is 17.7 Å². The van der Waals surface area contributed by atoms with Gasteiger partial charge in [-0.05, 0) is 60.7 Å². The van der Waals surface area contributed by atoms with E-state index < -0.39 is 5.41 Å². The van der Waals surface area contributed by atoms with E-state index >= 15 is 0 Å². The van der Waals surface area contributed by atoms with Crippen LogP contribution in [0.3, 0.4) is 0 Å². The summed E-state index contributed by atoms with van der Waals surface area (Å²) in [4.78, 5) is 24.9. The van der Waals surface area contributed by atoms with Crippen LogP contribution in [0, 0.1) is 0 Å². The SMILES string of the molecule is COc1cccc(CCC(=O)Nc2ccc3c(c2)C2(CCCC2)C(=O)N3)c1. The third kappa shape index (κ3) is 3.29. The maximum atomic E-state index is 12.5. The number of amides is 2. The van der Waals surface area contributed by atoms with Crippen LogP contribution in [0.2, 0.25) is 0 Å². The fraction of sp³-hybridized carbons (Fsp3) is 0.364. The molecule has 4 rings (SSSR count). The van der Waals surface area contributed by atoms with E-state index in [-0.39, 0.29) is 11.8 Å². The molecule has 27 heavy (non-hydrogen) atoms. The topological polar surface area (TPSA) is 67.4 Å². The summed E-state index contributed by atoms with van der Waals surface area (Å²) in [5.41, 5.74) is 3.36. The predicted octanol–water partition coefficient (Wildman–Crippen LogP) is 4.03. The summed E-state index contributed by atoms with van der Waals surface area (Å²) < 4.78 is 5.22. The molecular weight excluding hydrogens is 340 g/mol. The Balaban J connectivity index is 1.43. The zero-order chi connectivity index (χ0) is 18.9. The van der Waals surface area contributed by atoms with E-state index in [0.717, 1.165) is 53.9 Å². The van der Waals surface area contributed by atoms with Crippen molar-refractivity contribution in [1.82, 2.24) is 0 Å². The monoisotopic (exact) mass is 364 g/mol. The zero-order valence-corrected chi connectivity index (χ0v) is 15.5. The molecule has 1 spiro atoms. The lowest BCUT2D eigenvalue weighted by molar-refractivity contribution is -0.120. The molecule has 2 N–H and O–H groups in total. The van der Waals surface area contributed by atoms with Gasteiger partial charge in [0.15, 0.2) is 0 Å². The van der Waals surface area contributed by atoms with Crippen molar-refractivity contribution in [2.45, 2.75) is 43.9 Å². The predicted molar refractivity (Wildman–Crippen MR) is 105 cm³/mol. The Morgan fingerprint density at radius 2 is 2.00 bits per heavy atom. The molecule has 0 unspecified atom stereocenters. The van der Waals surface area contributed by atoms with Gasteiger partial charge in [0.1, 0.15) is 5.75 Å². The number of nitrogens with one attached hydrogen (secondary N) is 2. The highest BCUT2D eigenvalue weighted by molar-refractivity contribution is 6.07. The molecule has 140 valence electrons. The number of benzene rings is 2. The van der Waals surface area contributed by atoms with E-state index in [0.29, 0.717) is 12.8 Å². The molecule has 5 nitrogen and oxygen atoms in total. The molecule has 5 heteroatoms. The molecule has 2 aromatic rings. The van der Waals surface area contributed by atoms with Gasteiger partial charge in [0.2, 0.25) is 11.8 Å². The number of aryl methyl sites for hydroxylation is 1. The Morgan fingerprint density at radius 3 is 2.78 bits per heavy atom. The van der Waals surface area contributed by atoms with Crippen LogP contribution < -0.4 is 15.4 Å². The van der Waals surface area contributed by atoms with Gasteiger partial charge in [-0.2, -0.15) is 0 Å². The molecule has 0 atom stereocenters. The summed E-state index contributed by atoms with van der Waals surface area (Å²) in [6, 6.07) is 13.5. The molecule has 1 saturated carbocycles. The number of fused-ring (bicyclic) bond motifs is 2. The number of hydrogen-bond donors (Lipinski definition) is 2. The second kappa shape index (κ2) is 7.06. The van der Waals surface area contributed by atoms with Crippen LogP contribution in [-0.4, -0.2) is 18.9 Å². The van der Waals surface area contributed by atoms with E-state index in [2.05, 4.69) is 10.6 Å². The van der Waals surface area contributed by atoms with Gasteiger partial charge in [-0.1, -0.05) is 25.0 Å². The lowest BCUT2D eigenvalue weighted by atomic mass is 9.80. The summed E-state index contributed by atoms with van der Waals surface area (Å²) >= 11 is 0. The van der Waals surface area contributed by atoms with Gasteiger partial charge >= 0.3 is 0 Å². The maximum Gasteiger partial charge on any atom is 0.235 e. The fourth-order valence-corrected chi connectivity index (χ4v) is 4.28. The molecular formula is C22H24N2O3. The van der Waals surface area contributed by atoms with Crippen molar-refractivity contribution in [3.8, 4) is 5.75 Å². The number of rotatable bonds is 5. The Hall–Kier alpha value is -2.82. The highest BCUT2D eigenvalue weighted by atomic mass is 16.5. The minimum atomic E-state index is -0.392. The highest BCUT2D eigenvalue weighted by Crippen LogP contribution is 2.49. The zero-order valence-electron chi connectivity index (χ0n) is 15.5. The first-order chi connectivity index (χ1) is 13.1. The van der Waals surface area contributed by atoms with Crippen molar-refractivity contribution in [3.63, 3.8) is 0 Å². The fourth-order valence-electron chi connectivity index (χ4n) is 4.28. The summed E-state index contributed by atoms with van der Waals surface area (Å²) in [7, 11) is 1.64. The van der Waals surface area contributed by atoms with Gasteiger partial charge in [0.25, 0.3) is 0 Å². The van der Waals surface area contributed by atoms with Gasteiger partial charge in [0.05, 0.1) is 12.5 Å². The average Bonchev–Trinajstić information content (AvgIpc) is 3.28. The number of anilines is 2. The molecule has 1 aliphatic carbocycles. The average molecular weight is 364 g/mol. The van der Waals surface area contributed by atoms with Gasteiger partial charge in [-0.25, -0.2) is 0 Å². The summed E-state index contributed by atoms with van der Waals surface area (Å²) in [5.74, 6) is 0.873. The number of methoxy groups -OCH3 is 1. The van der Waals surface area contributed by atoms with Crippen LogP contribution in [-0.2, 0) is 21.4 Å². The molecule has 2 aliphatic rings. The normalized spacial score (nSPS) is 16.9. The Morgan fingerprint density at radius 1 is 1.19 bits per heavy atom. The maximum absolute atomic E-state index is 12.5. The van der Waals surface area contributed by atoms with E-state index in [4.69, 9.17) is 4.74 Å². The number of carbonyl (C=O) groups is 2. The molecule has 1 fully saturated rings. The van der Waals surface area contributed by atoms with Crippen molar-refractivity contribution in [2.24, 2.45) is 0 Å². The Bertz CT molecular complexity index is 885. The second-order valence-electron chi connectivity index (χ2n) is 7.40. The second-order valence-corrected chi connectivity index (χ2v) is 7.40. The van der Waals surface area contributed by atoms with E-state index in [1.807, 2.05) is 42.5 Å². The number of ether oxygens (including phenoxy) is 1. The van der Waals surface area contributed by atoms with Crippen molar-refractivity contribution in [3.05, 3.63) is 53.6 Å². The van der Waals surface area contributed by atoms with Crippen LogP contribution in [0.15, 0.2) is 42.5 Å². The lowest BCUT2D eigenvalue weighted by Gasteiger charge is -2.21. The molecule has 0 saturated heterocycles. The van der Waals surface area contributed by atoms with Gasteiger partial charge in [0, 0.05) is 17.8 Å². The van der Waals surface area contributed by atoms with Crippen molar-refractivity contribution < 1.29 is 14.3 Å². The van der Waals surface area contributed by atoms with E-state index in [1.54, 1.807) is 7.11 Å². The van der Waals surface area contributed by atoms with Crippen LogP contribution in [0.1, 0.15) is 43.2 Å². The minimum absolute atomic E-state index is 0.0319. The van der Waals surface area contributed by atoms with E-state index in [1.165, 1.54) is 0 Å². The largest absolute Gasteiger partial charge is 0.497 e. The molecule has 2 amide bonds. The summed E-state index contributed by atoms with van der Waals surface area (Å²) in [6.07, 6.45) is 4.97. The molecule has 2 aromatic carbocycles. The van der Waals surface area contributed by atoms with Crippen LogP contribution in [0.25, 0.3) is 0 Å². The van der Waals surface area contributed by atoms with Crippen molar-refractivity contribution >= 4 is 23.2 Å². The molecule has 0 bridgehead atoms. The quantitative estimate of drug-likeness (QED) is 0.842. The third-order valence-corrected chi connectivity index (χ3v) is 5.73. The highest BCUT2D eigenvalue weighted by Gasteiger charge is 2.48. The van der Waals surface area contributed by atoms with Crippen molar-refractivity contribution in [1.29, 1.82) is 0 Å². The van der Waals surface area contributed by atoms with Crippen LogP contribution in [0.4, 0.5) is 11.4 Å². The first-order valence-corrected chi connectivity index (χ1v) is 9.49. The molecule has 1 heterocycles. The van der Waals surface area contributed by atoms with Gasteiger partial charge in [-0.15, -0.1) is 0 Å². The van der Waals surface area contributed by atoms with Crippen LogP contribution in [0.5, 0.6) is 5.75 Å². The standard InChI is InChI=1S/C22H24N2O3/c1-27-17-6-4-5-15(13-17)7-10-20(25)23-16-8-9-19-18(14-16)22(21(26)24-19)11-2-3-12-22/h4-6,8-9,13-14H,2-3,7,10-12H2,1H3,(H,23,25)(H,24,26). The minimum Gasteiger partial charge on any atom is -0.497 e. The number of carbonyl (C=O) groups excluding carboxylic acids is 2. The first kappa shape index (κ1) is 17.6. The molecule has 1 aliphatic heterocycles. The van der Waals surface area contributed by atoms with E-state index in [9.17, 15) is 9.59 Å². The first-order valence-electron chi connectivity index (χ1n) is 9.49. The third-order valence-electron chi connectivity index (χ3n) is 5.73. The summed E-state index contributed by atoms with van der Waals surface area (Å²) in [5, 5.41) is 5.99.